The zero-order valence-corrected chi connectivity index (χ0v) is 13.9. The lowest BCUT2D eigenvalue weighted by atomic mass is 10.0. The normalized spacial score (nSPS) is 19.9. The van der Waals surface area contributed by atoms with Crippen molar-refractivity contribution >= 4 is 19.0 Å². The molecular formula is C13H22F3NO5S. The first kappa shape index (κ1) is 24.0. The average Bonchev–Trinajstić information content (AvgIpc) is 2.70. The van der Waals surface area contributed by atoms with Crippen LogP contribution in [0.1, 0.15) is 27.2 Å². The summed E-state index contributed by atoms with van der Waals surface area (Å²) in [6.07, 6.45) is 0.641. The maximum atomic E-state index is 12.1. The molecule has 0 fully saturated rings. The molecule has 3 N–H and O–H groups in total. The van der Waals surface area contributed by atoms with Gasteiger partial charge >= 0.3 is 12.6 Å². The van der Waals surface area contributed by atoms with Gasteiger partial charge in [0.25, 0.3) is 0 Å². The zero-order valence-electron chi connectivity index (χ0n) is 13.0. The molecule has 2 atom stereocenters. The van der Waals surface area contributed by atoms with E-state index in [1.807, 2.05) is 32.3 Å². The van der Waals surface area contributed by atoms with Gasteiger partial charge in [-0.05, 0) is 19.1 Å². The summed E-state index contributed by atoms with van der Waals surface area (Å²) in [5.41, 5.74) is 1.84. The minimum absolute atomic E-state index is 0.0104. The molecule has 0 aromatic rings. The summed E-state index contributed by atoms with van der Waals surface area (Å²) < 4.78 is 42.4. The van der Waals surface area contributed by atoms with E-state index in [0.29, 0.717) is 0 Å². The number of aliphatic hydroxyl groups is 1. The van der Waals surface area contributed by atoms with Crippen LogP contribution in [0.5, 0.6) is 0 Å². The third-order valence-electron chi connectivity index (χ3n) is 2.48. The number of halogens is 3. The summed E-state index contributed by atoms with van der Waals surface area (Å²) in [4.78, 5) is 11.6. The lowest BCUT2D eigenvalue weighted by Crippen LogP contribution is -2.35. The number of hydroxylamine groups is 1. The quantitative estimate of drug-likeness (QED) is 0.342. The van der Waals surface area contributed by atoms with Gasteiger partial charge in [0.05, 0.1) is 18.2 Å². The number of aliphatic hydroxyl groups excluding tert-OH is 1. The monoisotopic (exact) mass is 361 g/mol. The van der Waals surface area contributed by atoms with Gasteiger partial charge in [-0.15, -0.1) is 0 Å². The Labute approximate surface area is 138 Å². The molecule has 23 heavy (non-hydrogen) atoms. The fourth-order valence-electron chi connectivity index (χ4n) is 1.63. The molecule has 0 saturated carbocycles. The molecule has 6 nitrogen and oxygen atoms in total. The van der Waals surface area contributed by atoms with Gasteiger partial charge in [-0.1, -0.05) is 13.8 Å². The van der Waals surface area contributed by atoms with E-state index < -0.39 is 24.7 Å². The largest absolute Gasteiger partial charge is 0.463 e. The molecule has 136 valence electrons. The number of thiol groups is 1. The van der Waals surface area contributed by atoms with E-state index in [4.69, 9.17) is 9.94 Å². The highest BCUT2D eigenvalue weighted by molar-refractivity contribution is 7.74. The predicted molar refractivity (Wildman–Crippen MR) is 80.7 cm³/mol. The summed E-state index contributed by atoms with van der Waals surface area (Å²) >= 11 is 2.03. The van der Waals surface area contributed by atoms with E-state index in [-0.39, 0.29) is 24.4 Å². The number of alkyl halides is 2. The number of rotatable bonds is 5. The van der Waals surface area contributed by atoms with Crippen LogP contribution >= 0.6 is 13.0 Å². The van der Waals surface area contributed by atoms with Crippen molar-refractivity contribution in [2.24, 2.45) is 0 Å². The van der Waals surface area contributed by atoms with Crippen molar-refractivity contribution in [3.63, 3.8) is 0 Å². The first-order valence-electron chi connectivity index (χ1n) is 6.77. The van der Waals surface area contributed by atoms with Crippen molar-refractivity contribution in [1.29, 1.82) is 0 Å². The van der Waals surface area contributed by atoms with Crippen LogP contribution in [0.25, 0.3) is 0 Å². The second kappa shape index (κ2) is 14.4. The topological polar surface area (TPSA) is 88.0 Å². The van der Waals surface area contributed by atoms with Gasteiger partial charge in [0.2, 0.25) is 0 Å². The number of ether oxygens (including phenoxy) is 2. The molecule has 0 aromatic heterocycles. The Balaban J connectivity index is 0. The zero-order chi connectivity index (χ0) is 18.4. The maximum absolute atomic E-state index is 12.1. The summed E-state index contributed by atoms with van der Waals surface area (Å²) in [5, 5.41) is 18.6. The molecule has 0 spiro atoms. The molecule has 1 rings (SSSR count). The van der Waals surface area contributed by atoms with E-state index in [1.165, 1.54) is 6.08 Å². The second-order valence-electron chi connectivity index (χ2n) is 3.72. The predicted octanol–water partition coefficient (Wildman–Crippen LogP) is 2.54. The van der Waals surface area contributed by atoms with Gasteiger partial charge in [-0.2, -0.15) is 18.1 Å². The SMILES string of the molecule is CC.CCOC(=O)C1=CC=C(OC(F)F)C(O)CC1NO.FS. The summed E-state index contributed by atoms with van der Waals surface area (Å²) in [6, 6.07) is -0.941. The first-order chi connectivity index (χ1) is 11.0. The minimum atomic E-state index is -3.08. The van der Waals surface area contributed by atoms with Gasteiger partial charge in [0.15, 0.2) is 0 Å². The van der Waals surface area contributed by atoms with Crippen LogP contribution in [0.15, 0.2) is 23.5 Å². The third kappa shape index (κ3) is 8.84. The Bertz CT molecular complexity index is 394. The molecular weight excluding hydrogens is 339 g/mol. The molecule has 0 amide bonds. The van der Waals surface area contributed by atoms with Crippen LogP contribution in [-0.2, 0) is 14.3 Å². The highest BCUT2D eigenvalue weighted by Crippen LogP contribution is 2.22. The Kier molecular flexibility index (Phi) is 15.0. The lowest BCUT2D eigenvalue weighted by Gasteiger charge is -2.19. The molecule has 0 aliphatic heterocycles. The molecule has 0 saturated heterocycles. The van der Waals surface area contributed by atoms with Crippen molar-refractivity contribution < 1.29 is 37.2 Å². The fourth-order valence-corrected chi connectivity index (χ4v) is 1.63. The Morgan fingerprint density at radius 1 is 1.43 bits per heavy atom. The number of carbonyl (C=O) groups is 1. The summed E-state index contributed by atoms with van der Waals surface area (Å²) in [7, 11) is 0. The average molecular weight is 361 g/mol. The number of hydrogen-bond donors (Lipinski definition) is 4. The number of nitrogens with one attached hydrogen (secondary N) is 1. The minimum Gasteiger partial charge on any atom is -0.463 e. The van der Waals surface area contributed by atoms with Gasteiger partial charge in [0.1, 0.15) is 11.9 Å². The first-order valence-corrected chi connectivity index (χ1v) is 7.11. The fraction of sp³-hybridized carbons (Fsp3) is 0.615. The van der Waals surface area contributed by atoms with E-state index in [2.05, 4.69) is 4.74 Å². The van der Waals surface area contributed by atoms with Crippen molar-refractivity contribution in [2.45, 2.75) is 45.9 Å². The molecule has 1 aliphatic carbocycles. The highest BCUT2D eigenvalue weighted by Gasteiger charge is 2.29. The number of hydrogen-bond acceptors (Lipinski definition) is 7. The van der Waals surface area contributed by atoms with Crippen molar-refractivity contribution in [2.75, 3.05) is 6.61 Å². The smallest absolute Gasteiger partial charge is 0.387 e. The summed E-state index contributed by atoms with van der Waals surface area (Å²) in [6.45, 7) is 2.65. The number of allylic oxidation sites excluding steroid dienone is 2. The molecule has 0 heterocycles. The van der Waals surface area contributed by atoms with Gasteiger partial charge in [-0.3, -0.25) is 0 Å². The molecule has 0 bridgehead atoms. The molecule has 10 heteroatoms. The van der Waals surface area contributed by atoms with Crippen LogP contribution in [0.2, 0.25) is 0 Å². The number of carbonyl (C=O) groups excluding carboxylic acids is 1. The Morgan fingerprint density at radius 2 is 2.00 bits per heavy atom. The maximum Gasteiger partial charge on any atom is 0.387 e. The van der Waals surface area contributed by atoms with Crippen LogP contribution in [-0.4, -0.2) is 41.6 Å². The second-order valence-corrected chi connectivity index (χ2v) is 3.72. The van der Waals surface area contributed by atoms with E-state index in [9.17, 15) is 22.6 Å². The highest BCUT2D eigenvalue weighted by atomic mass is 32.1. The van der Waals surface area contributed by atoms with Gasteiger partial charge in [-0.25, -0.2) is 4.79 Å². The molecule has 0 aromatic carbocycles. The molecule has 2 unspecified atom stereocenters. The lowest BCUT2D eigenvalue weighted by molar-refractivity contribution is -0.139. The van der Waals surface area contributed by atoms with Crippen LogP contribution < -0.4 is 5.48 Å². The Hall–Kier alpha value is -1.23. The van der Waals surface area contributed by atoms with Crippen LogP contribution in [0, 0.1) is 0 Å². The summed E-state index contributed by atoms with van der Waals surface area (Å²) in [5.74, 6) is -1.09. The standard InChI is InChI=1S/C11H15F2NO5.C2H6.FHS/c1-2-18-10(16)6-3-4-9(19-11(12)13)8(15)5-7(6)14-17;2*1-2/h3-4,7-8,11,14-15,17H,2,5H2,1H3;1-2H3;2H. The molecule has 1 aliphatic rings. The van der Waals surface area contributed by atoms with Crippen molar-refractivity contribution in [3.8, 4) is 0 Å². The van der Waals surface area contributed by atoms with Crippen molar-refractivity contribution in [1.82, 2.24) is 5.48 Å². The van der Waals surface area contributed by atoms with Gasteiger partial charge in [0, 0.05) is 19.4 Å². The molecule has 0 radical (unpaired) electrons. The van der Waals surface area contributed by atoms with E-state index in [0.717, 1.165) is 6.08 Å². The van der Waals surface area contributed by atoms with Crippen LogP contribution in [0.4, 0.5) is 12.7 Å². The third-order valence-corrected chi connectivity index (χ3v) is 2.48. The van der Waals surface area contributed by atoms with E-state index in [1.54, 1.807) is 6.92 Å². The van der Waals surface area contributed by atoms with Gasteiger partial charge < -0.3 is 19.8 Å². The van der Waals surface area contributed by atoms with Crippen molar-refractivity contribution in [3.05, 3.63) is 23.5 Å². The number of esters is 1. The van der Waals surface area contributed by atoms with Crippen LogP contribution in [0.3, 0.4) is 0 Å². The van der Waals surface area contributed by atoms with E-state index >= 15 is 0 Å². The Morgan fingerprint density at radius 3 is 2.43 bits per heavy atom.